The van der Waals surface area contributed by atoms with Gasteiger partial charge < -0.3 is 4.52 Å². The van der Waals surface area contributed by atoms with Crippen LogP contribution in [0.25, 0.3) is 11.4 Å². The lowest BCUT2D eigenvalue weighted by Gasteiger charge is -2.01. The predicted molar refractivity (Wildman–Crippen MR) is 78.4 cm³/mol. The molecule has 0 aliphatic carbocycles. The Morgan fingerprint density at radius 1 is 1.26 bits per heavy atom. The summed E-state index contributed by atoms with van der Waals surface area (Å²) in [5.74, 6) is 2.03. The third-order valence-corrected chi connectivity index (χ3v) is 4.54. The van der Waals surface area contributed by atoms with Gasteiger partial charge in [-0.05, 0) is 30.0 Å². The first-order chi connectivity index (χ1) is 9.33. The van der Waals surface area contributed by atoms with Crippen LogP contribution in [0.5, 0.6) is 0 Å². The number of aryl methyl sites for hydroxylation is 1. The van der Waals surface area contributed by atoms with Gasteiger partial charge in [0.25, 0.3) is 0 Å². The van der Waals surface area contributed by atoms with Crippen molar-refractivity contribution in [3.05, 3.63) is 52.5 Å². The highest BCUT2D eigenvalue weighted by Gasteiger charge is 2.09. The fourth-order valence-corrected chi connectivity index (χ4v) is 3.18. The number of aromatic nitrogens is 2. The van der Waals surface area contributed by atoms with Crippen molar-refractivity contribution < 1.29 is 4.52 Å². The Balaban J connectivity index is 1.70. The zero-order chi connectivity index (χ0) is 13.1. The van der Waals surface area contributed by atoms with Gasteiger partial charge in [0.1, 0.15) is 0 Å². The first-order valence-corrected chi connectivity index (χ1v) is 7.79. The number of hydrogen-bond acceptors (Lipinski definition) is 5. The van der Waals surface area contributed by atoms with Gasteiger partial charge in [-0.25, -0.2) is 0 Å². The maximum absolute atomic E-state index is 5.27. The van der Waals surface area contributed by atoms with Crippen LogP contribution >= 0.6 is 23.1 Å². The Morgan fingerprint density at radius 2 is 2.16 bits per heavy atom. The Bertz CT molecular complexity index is 662. The number of thiophene rings is 1. The monoisotopic (exact) mass is 288 g/mol. The number of nitrogens with zero attached hydrogens (tertiary/aromatic N) is 2. The molecule has 0 amide bonds. The van der Waals surface area contributed by atoms with E-state index in [9.17, 15) is 0 Å². The molecule has 0 spiro atoms. The highest BCUT2D eigenvalue weighted by molar-refractivity contribution is 7.98. The van der Waals surface area contributed by atoms with Gasteiger partial charge in [-0.3, -0.25) is 0 Å². The van der Waals surface area contributed by atoms with E-state index in [2.05, 4.69) is 29.2 Å². The second-order valence-electron chi connectivity index (χ2n) is 4.08. The zero-order valence-electron chi connectivity index (χ0n) is 10.4. The molecule has 0 radical (unpaired) electrons. The molecule has 2 heterocycles. The van der Waals surface area contributed by atoms with E-state index in [0.717, 1.165) is 5.56 Å². The van der Waals surface area contributed by atoms with E-state index in [1.807, 2.05) is 29.0 Å². The van der Waals surface area contributed by atoms with Crippen molar-refractivity contribution in [2.45, 2.75) is 17.6 Å². The Morgan fingerprint density at radius 3 is 2.95 bits per heavy atom. The van der Waals surface area contributed by atoms with Crippen LogP contribution in [-0.4, -0.2) is 10.1 Å². The van der Waals surface area contributed by atoms with Crippen molar-refractivity contribution in [1.82, 2.24) is 10.1 Å². The minimum absolute atomic E-state index is 0.662. The quantitative estimate of drug-likeness (QED) is 0.667. The Labute approximate surface area is 119 Å². The van der Waals surface area contributed by atoms with Crippen molar-refractivity contribution in [3.63, 3.8) is 0 Å². The maximum Gasteiger partial charge on any atom is 0.237 e. The fraction of sp³-hybridized carbons (Fsp3) is 0.143. The van der Waals surface area contributed by atoms with E-state index in [1.54, 1.807) is 23.1 Å². The highest BCUT2D eigenvalue weighted by atomic mass is 32.2. The van der Waals surface area contributed by atoms with Crippen molar-refractivity contribution in [2.24, 2.45) is 0 Å². The van der Waals surface area contributed by atoms with Crippen molar-refractivity contribution in [2.75, 3.05) is 0 Å². The molecule has 0 N–H and O–H groups in total. The summed E-state index contributed by atoms with van der Waals surface area (Å²) >= 11 is 3.35. The Kier molecular flexibility index (Phi) is 3.66. The second-order valence-corrected chi connectivity index (χ2v) is 5.88. The van der Waals surface area contributed by atoms with Gasteiger partial charge in [-0.15, -0.1) is 11.8 Å². The van der Waals surface area contributed by atoms with Crippen molar-refractivity contribution in [3.8, 4) is 11.4 Å². The third-order valence-electron chi connectivity index (χ3n) is 2.69. The average molecular weight is 288 g/mol. The topological polar surface area (TPSA) is 38.9 Å². The molecule has 19 heavy (non-hydrogen) atoms. The summed E-state index contributed by atoms with van der Waals surface area (Å²) in [4.78, 5) is 5.65. The van der Waals surface area contributed by atoms with Crippen molar-refractivity contribution >= 4 is 23.1 Å². The fourth-order valence-electron chi connectivity index (χ4n) is 1.68. The van der Waals surface area contributed by atoms with Crippen LogP contribution in [0.2, 0.25) is 0 Å². The molecule has 0 fully saturated rings. The van der Waals surface area contributed by atoms with Gasteiger partial charge in [-0.2, -0.15) is 16.3 Å². The number of thioether (sulfide) groups is 1. The van der Waals surface area contributed by atoms with E-state index in [0.29, 0.717) is 17.5 Å². The van der Waals surface area contributed by atoms with Crippen LogP contribution < -0.4 is 0 Å². The predicted octanol–water partition coefficient (Wildman–Crippen LogP) is 4.40. The SMILES string of the molecule is Cc1ccccc1SCc1nc(-c2ccsc2)no1. The molecule has 3 rings (SSSR count). The van der Waals surface area contributed by atoms with Crippen LogP contribution in [0.1, 0.15) is 11.5 Å². The first-order valence-electron chi connectivity index (χ1n) is 5.86. The summed E-state index contributed by atoms with van der Waals surface area (Å²) in [5, 5.41) is 8.02. The number of rotatable bonds is 4. The summed E-state index contributed by atoms with van der Waals surface area (Å²) in [6.45, 7) is 2.10. The van der Waals surface area contributed by atoms with Crippen LogP contribution in [0.3, 0.4) is 0 Å². The highest BCUT2D eigenvalue weighted by Crippen LogP contribution is 2.26. The molecular weight excluding hydrogens is 276 g/mol. The minimum atomic E-state index is 0.662. The van der Waals surface area contributed by atoms with Gasteiger partial charge >= 0.3 is 0 Å². The summed E-state index contributed by atoms with van der Waals surface area (Å²) in [7, 11) is 0. The molecular formula is C14H12N2OS2. The molecule has 0 bridgehead atoms. The van der Waals surface area contributed by atoms with Gasteiger partial charge in [0.2, 0.25) is 11.7 Å². The lowest BCUT2D eigenvalue weighted by atomic mass is 10.2. The number of hydrogen-bond donors (Lipinski definition) is 0. The summed E-state index contributed by atoms with van der Waals surface area (Å²) in [6, 6.07) is 10.3. The molecule has 0 aliphatic heterocycles. The number of benzene rings is 1. The molecule has 0 saturated carbocycles. The Hall–Kier alpha value is -1.59. The molecule has 0 aliphatic rings. The molecule has 1 aromatic carbocycles. The van der Waals surface area contributed by atoms with Crippen LogP contribution in [-0.2, 0) is 5.75 Å². The van der Waals surface area contributed by atoms with E-state index >= 15 is 0 Å². The standard InChI is InChI=1S/C14H12N2OS2/c1-10-4-2-3-5-12(10)19-9-13-15-14(16-17-13)11-6-7-18-8-11/h2-8H,9H2,1H3. The van der Waals surface area contributed by atoms with Crippen molar-refractivity contribution in [1.29, 1.82) is 0 Å². The normalized spacial score (nSPS) is 10.8. The van der Waals surface area contributed by atoms with Gasteiger partial charge in [-0.1, -0.05) is 23.4 Å². The molecule has 2 aromatic heterocycles. The van der Waals surface area contributed by atoms with E-state index in [-0.39, 0.29) is 0 Å². The third kappa shape index (κ3) is 2.88. The molecule has 0 saturated heterocycles. The zero-order valence-corrected chi connectivity index (χ0v) is 12.0. The first kappa shape index (κ1) is 12.4. The molecule has 3 nitrogen and oxygen atoms in total. The summed E-state index contributed by atoms with van der Waals surface area (Å²) < 4.78 is 5.27. The van der Waals surface area contributed by atoms with Crippen LogP contribution in [0.15, 0.2) is 50.5 Å². The van der Waals surface area contributed by atoms with E-state index in [1.165, 1.54) is 10.5 Å². The largest absolute Gasteiger partial charge is 0.338 e. The van der Waals surface area contributed by atoms with Gasteiger partial charge in [0.05, 0.1) is 5.75 Å². The van der Waals surface area contributed by atoms with Crippen LogP contribution in [0, 0.1) is 6.92 Å². The lowest BCUT2D eigenvalue weighted by molar-refractivity contribution is 0.391. The molecule has 5 heteroatoms. The average Bonchev–Trinajstić information content (AvgIpc) is 3.09. The van der Waals surface area contributed by atoms with Gasteiger partial charge in [0, 0.05) is 15.8 Å². The maximum atomic E-state index is 5.27. The van der Waals surface area contributed by atoms with Crippen LogP contribution in [0.4, 0.5) is 0 Å². The minimum Gasteiger partial charge on any atom is -0.338 e. The smallest absolute Gasteiger partial charge is 0.237 e. The lowest BCUT2D eigenvalue weighted by Crippen LogP contribution is -1.83. The molecule has 3 aromatic rings. The molecule has 0 atom stereocenters. The van der Waals surface area contributed by atoms with E-state index < -0.39 is 0 Å². The second kappa shape index (κ2) is 5.59. The summed E-state index contributed by atoms with van der Waals surface area (Å²) in [5.41, 5.74) is 2.28. The van der Waals surface area contributed by atoms with E-state index in [4.69, 9.17) is 4.52 Å². The molecule has 96 valence electrons. The summed E-state index contributed by atoms with van der Waals surface area (Å²) in [6.07, 6.45) is 0. The molecule has 0 unspecified atom stereocenters. The van der Waals surface area contributed by atoms with Gasteiger partial charge in [0.15, 0.2) is 0 Å².